The molecule has 0 radical (unpaired) electrons. The lowest BCUT2D eigenvalue weighted by Gasteiger charge is -2.16. The van der Waals surface area contributed by atoms with E-state index in [1.807, 2.05) is 6.08 Å². The van der Waals surface area contributed by atoms with E-state index in [-0.39, 0.29) is 0 Å². The van der Waals surface area contributed by atoms with Crippen molar-refractivity contribution in [2.45, 2.75) is 26.6 Å². The minimum atomic E-state index is 0.362. The Morgan fingerprint density at radius 3 is 2.47 bits per heavy atom. The molecule has 0 saturated heterocycles. The third-order valence-electron chi connectivity index (χ3n) is 2.90. The maximum atomic E-state index is 4.03. The summed E-state index contributed by atoms with van der Waals surface area (Å²) >= 11 is 0. The van der Waals surface area contributed by atoms with Crippen molar-refractivity contribution in [2.24, 2.45) is 0 Å². The first-order chi connectivity index (χ1) is 7.07. The van der Waals surface area contributed by atoms with Gasteiger partial charge in [0.2, 0.25) is 6.71 Å². The summed E-state index contributed by atoms with van der Waals surface area (Å²) in [5, 5.41) is 0. The van der Waals surface area contributed by atoms with Crippen molar-refractivity contribution < 1.29 is 0 Å². The summed E-state index contributed by atoms with van der Waals surface area (Å²) in [5.74, 6) is 0.557. The van der Waals surface area contributed by atoms with Gasteiger partial charge >= 0.3 is 0 Å². The van der Waals surface area contributed by atoms with Crippen molar-refractivity contribution in [2.75, 3.05) is 0 Å². The zero-order valence-corrected chi connectivity index (χ0v) is 9.96. The van der Waals surface area contributed by atoms with Crippen LogP contribution in [-0.2, 0) is 0 Å². The lowest BCUT2D eigenvalue weighted by atomic mass is 9.41. The molecule has 0 aliphatic carbocycles. The van der Waals surface area contributed by atoms with Crippen LogP contribution in [0.5, 0.6) is 0 Å². The lowest BCUT2D eigenvalue weighted by molar-refractivity contribution is 0.873. The fraction of sp³-hybridized carbons (Fsp3) is 0.286. The standard InChI is InChI=1S/C14H19B/c1-6-12(4)15(5)14-10-8-7-9-13(14)11(2)3/h6-11H,1,4H2,2-3,5H3. The SMILES string of the molecule is C=CC(=C)B(C)c1ccccc1C(C)C. The number of hydrogen-bond acceptors (Lipinski definition) is 0. The molecular weight excluding hydrogens is 179 g/mol. The van der Waals surface area contributed by atoms with Crippen molar-refractivity contribution in [1.29, 1.82) is 0 Å². The Hall–Kier alpha value is -1.24. The molecule has 0 spiro atoms. The molecule has 0 bridgehead atoms. The summed E-state index contributed by atoms with van der Waals surface area (Å²) in [6.07, 6.45) is 1.85. The van der Waals surface area contributed by atoms with Crippen LogP contribution in [0.3, 0.4) is 0 Å². The topological polar surface area (TPSA) is 0 Å². The number of allylic oxidation sites excluding steroid dienone is 2. The zero-order chi connectivity index (χ0) is 11.4. The molecule has 1 aromatic carbocycles. The van der Waals surface area contributed by atoms with Crippen molar-refractivity contribution in [1.82, 2.24) is 0 Å². The lowest BCUT2D eigenvalue weighted by Crippen LogP contribution is -2.31. The molecule has 0 fully saturated rings. The first-order valence-corrected chi connectivity index (χ1v) is 5.48. The Kier molecular flexibility index (Phi) is 3.96. The molecule has 0 aliphatic rings. The molecule has 0 nitrogen and oxygen atoms in total. The minimum Gasteiger partial charge on any atom is -0.104 e. The summed E-state index contributed by atoms with van der Waals surface area (Å²) in [4.78, 5) is 0. The van der Waals surface area contributed by atoms with Crippen LogP contribution in [0.25, 0.3) is 0 Å². The van der Waals surface area contributed by atoms with Crippen LogP contribution in [0.15, 0.2) is 49.0 Å². The molecule has 0 unspecified atom stereocenters. The molecule has 0 amide bonds. The van der Waals surface area contributed by atoms with Crippen molar-refractivity contribution >= 4 is 12.2 Å². The average molecular weight is 198 g/mol. The third kappa shape index (κ3) is 2.62. The van der Waals surface area contributed by atoms with Gasteiger partial charge in [0.25, 0.3) is 0 Å². The van der Waals surface area contributed by atoms with Crippen LogP contribution < -0.4 is 5.46 Å². The van der Waals surface area contributed by atoms with Gasteiger partial charge in [-0.05, 0) is 5.92 Å². The molecule has 1 aromatic rings. The smallest absolute Gasteiger partial charge is 0.104 e. The normalized spacial score (nSPS) is 10.1. The second-order valence-electron chi connectivity index (χ2n) is 4.28. The maximum Gasteiger partial charge on any atom is 0.205 e. The molecule has 0 aliphatic heterocycles. The summed E-state index contributed by atoms with van der Waals surface area (Å²) in [6.45, 7) is 14.8. The van der Waals surface area contributed by atoms with E-state index >= 15 is 0 Å². The molecule has 0 aromatic heterocycles. The summed E-state index contributed by atoms with van der Waals surface area (Å²) < 4.78 is 0. The van der Waals surface area contributed by atoms with Gasteiger partial charge in [-0.3, -0.25) is 0 Å². The Morgan fingerprint density at radius 1 is 1.33 bits per heavy atom. The number of benzene rings is 1. The predicted octanol–water partition coefficient (Wildman–Crippen LogP) is 3.42. The molecule has 0 heterocycles. The highest BCUT2D eigenvalue weighted by Gasteiger charge is 2.16. The number of hydrogen-bond donors (Lipinski definition) is 0. The first kappa shape index (κ1) is 11.8. The fourth-order valence-corrected chi connectivity index (χ4v) is 1.81. The molecule has 0 saturated carbocycles. The van der Waals surface area contributed by atoms with E-state index in [1.165, 1.54) is 11.0 Å². The van der Waals surface area contributed by atoms with E-state index in [4.69, 9.17) is 0 Å². The van der Waals surface area contributed by atoms with Gasteiger partial charge in [-0.2, -0.15) is 0 Å². The van der Waals surface area contributed by atoms with Gasteiger partial charge in [0, 0.05) is 0 Å². The quantitative estimate of drug-likeness (QED) is 0.513. The van der Waals surface area contributed by atoms with E-state index in [0.717, 1.165) is 5.47 Å². The second kappa shape index (κ2) is 5.02. The molecule has 1 heteroatoms. The van der Waals surface area contributed by atoms with Gasteiger partial charge in [0.1, 0.15) is 0 Å². The Labute approximate surface area is 93.8 Å². The fourth-order valence-electron chi connectivity index (χ4n) is 1.81. The van der Waals surface area contributed by atoms with E-state index in [1.54, 1.807) is 0 Å². The summed E-state index contributed by atoms with van der Waals surface area (Å²) in [6, 6.07) is 8.58. The Balaban J connectivity index is 3.12. The largest absolute Gasteiger partial charge is 0.205 e. The second-order valence-corrected chi connectivity index (χ2v) is 4.28. The van der Waals surface area contributed by atoms with Crippen LogP contribution in [-0.4, -0.2) is 6.71 Å². The van der Waals surface area contributed by atoms with Gasteiger partial charge in [-0.15, -0.1) is 6.58 Å². The van der Waals surface area contributed by atoms with Crippen LogP contribution in [0.4, 0.5) is 0 Å². The van der Waals surface area contributed by atoms with Crippen LogP contribution in [0.2, 0.25) is 6.82 Å². The van der Waals surface area contributed by atoms with E-state index in [0.29, 0.717) is 12.6 Å². The van der Waals surface area contributed by atoms with Crippen molar-refractivity contribution in [3.05, 3.63) is 54.5 Å². The number of rotatable bonds is 4. The van der Waals surface area contributed by atoms with E-state index in [9.17, 15) is 0 Å². The van der Waals surface area contributed by atoms with E-state index < -0.39 is 0 Å². The highest BCUT2D eigenvalue weighted by Crippen LogP contribution is 2.14. The molecule has 1 rings (SSSR count). The highest BCUT2D eigenvalue weighted by atomic mass is 14.0. The van der Waals surface area contributed by atoms with Gasteiger partial charge < -0.3 is 0 Å². The molecule has 0 atom stereocenters. The third-order valence-corrected chi connectivity index (χ3v) is 2.90. The monoisotopic (exact) mass is 198 g/mol. The van der Waals surface area contributed by atoms with Gasteiger partial charge in [-0.25, -0.2) is 0 Å². The summed E-state index contributed by atoms with van der Waals surface area (Å²) in [5.41, 5.74) is 3.87. The molecule has 15 heavy (non-hydrogen) atoms. The highest BCUT2D eigenvalue weighted by molar-refractivity contribution is 6.79. The maximum absolute atomic E-state index is 4.03. The van der Waals surface area contributed by atoms with Gasteiger partial charge in [0.05, 0.1) is 0 Å². The predicted molar refractivity (Wildman–Crippen MR) is 71.1 cm³/mol. The Bertz CT molecular complexity index is 363. The average Bonchev–Trinajstić information content (AvgIpc) is 2.27. The Morgan fingerprint density at radius 2 is 1.93 bits per heavy atom. The van der Waals surface area contributed by atoms with E-state index in [2.05, 4.69) is 58.1 Å². The summed E-state index contributed by atoms with van der Waals surface area (Å²) in [7, 11) is 0. The zero-order valence-electron chi connectivity index (χ0n) is 9.96. The molecule has 0 N–H and O–H groups in total. The van der Waals surface area contributed by atoms with Gasteiger partial charge in [-0.1, -0.05) is 74.1 Å². The minimum absolute atomic E-state index is 0.362. The van der Waals surface area contributed by atoms with Crippen LogP contribution in [0.1, 0.15) is 25.3 Å². The van der Waals surface area contributed by atoms with Crippen molar-refractivity contribution in [3.8, 4) is 0 Å². The van der Waals surface area contributed by atoms with Crippen LogP contribution >= 0.6 is 0 Å². The molecular formula is C14H19B. The first-order valence-electron chi connectivity index (χ1n) is 5.48. The van der Waals surface area contributed by atoms with Crippen LogP contribution in [0, 0.1) is 0 Å². The molecule has 78 valence electrons. The van der Waals surface area contributed by atoms with Gasteiger partial charge in [0.15, 0.2) is 0 Å². The van der Waals surface area contributed by atoms with Crippen molar-refractivity contribution in [3.63, 3.8) is 0 Å².